The molecule has 21 heavy (non-hydrogen) atoms. The largest absolute Gasteiger partial charge is 0.478 e. The lowest BCUT2D eigenvalue weighted by Gasteiger charge is -2.38. The molecule has 4 nitrogen and oxygen atoms in total. The number of benzene rings is 1. The highest BCUT2D eigenvalue weighted by molar-refractivity contribution is 5.85. The molecule has 0 amide bonds. The summed E-state index contributed by atoms with van der Waals surface area (Å²) < 4.78 is 0. The van der Waals surface area contributed by atoms with Gasteiger partial charge in [-0.25, -0.2) is 4.79 Å². The molecule has 1 fully saturated rings. The minimum absolute atomic E-state index is 0.418. The number of rotatable bonds is 3. The summed E-state index contributed by atoms with van der Waals surface area (Å²) >= 11 is 0. The van der Waals surface area contributed by atoms with E-state index < -0.39 is 5.97 Å². The van der Waals surface area contributed by atoms with Crippen LogP contribution in [0.2, 0.25) is 0 Å². The number of piperidine rings is 1. The molecular weight excluding hydrogens is 264 g/mol. The molecule has 1 aliphatic rings. The molecule has 0 bridgehead atoms. The molecule has 2 atom stereocenters. The van der Waals surface area contributed by atoms with Gasteiger partial charge in [0.15, 0.2) is 0 Å². The van der Waals surface area contributed by atoms with Gasteiger partial charge in [0.05, 0.1) is 11.3 Å². The number of carboxylic acid groups (broad SMARTS) is 1. The van der Waals surface area contributed by atoms with Gasteiger partial charge in [0.2, 0.25) is 0 Å². The van der Waals surface area contributed by atoms with E-state index in [9.17, 15) is 10.1 Å². The Hall–Kier alpha value is -2.28. The van der Waals surface area contributed by atoms with Gasteiger partial charge in [0.25, 0.3) is 0 Å². The highest BCUT2D eigenvalue weighted by Gasteiger charge is 2.24. The molecule has 0 spiro atoms. The fraction of sp³-hybridized carbons (Fsp3) is 0.412. The van der Waals surface area contributed by atoms with Crippen LogP contribution in [-0.2, 0) is 4.79 Å². The van der Waals surface area contributed by atoms with Gasteiger partial charge in [-0.1, -0.05) is 13.0 Å². The van der Waals surface area contributed by atoms with E-state index in [4.69, 9.17) is 5.11 Å². The van der Waals surface area contributed by atoms with Gasteiger partial charge in [0.1, 0.15) is 6.07 Å². The van der Waals surface area contributed by atoms with Gasteiger partial charge in [-0.3, -0.25) is 0 Å². The first-order chi connectivity index (χ1) is 10.0. The number of carboxylic acids is 1. The van der Waals surface area contributed by atoms with Crippen molar-refractivity contribution in [2.45, 2.75) is 32.7 Å². The third-order valence-corrected chi connectivity index (χ3v) is 4.01. The minimum Gasteiger partial charge on any atom is -0.478 e. The normalized spacial score (nSPS) is 22.2. The van der Waals surface area contributed by atoms with Crippen LogP contribution in [0.5, 0.6) is 0 Å². The van der Waals surface area contributed by atoms with Crippen LogP contribution in [0, 0.1) is 17.2 Å². The maximum Gasteiger partial charge on any atom is 0.328 e. The van der Waals surface area contributed by atoms with E-state index in [1.54, 1.807) is 6.07 Å². The predicted molar refractivity (Wildman–Crippen MR) is 83.0 cm³/mol. The van der Waals surface area contributed by atoms with Gasteiger partial charge in [-0.2, -0.15) is 5.26 Å². The summed E-state index contributed by atoms with van der Waals surface area (Å²) in [6, 6.07) is 8.18. The highest BCUT2D eigenvalue weighted by Crippen LogP contribution is 2.30. The Balaban J connectivity index is 2.28. The monoisotopic (exact) mass is 284 g/mol. The first-order valence-electron chi connectivity index (χ1n) is 7.23. The van der Waals surface area contributed by atoms with Gasteiger partial charge in [-0.15, -0.1) is 0 Å². The van der Waals surface area contributed by atoms with E-state index in [1.807, 2.05) is 12.1 Å². The highest BCUT2D eigenvalue weighted by atomic mass is 16.4. The fourth-order valence-corrected chi connectivity index (χ4v) is 2.93. The molecule has 0 saturated carbocycles. The third kappa shape index (κ3) is 3.63. The lowest BCUT2D eigenvalue weighted by Crippen LogP contribution is -2.40. The number of nitrogens with zero attached hydrogens (tertiary/aromatic N) is 2. The summed E-state index contributed by atoms with van der Waals surface area (Å²) in [7, 11) is 0. The zero-order chi connectivity index (χ0) is 15.4. The van der Waals surface area contributed by atoms with Gasteiger partial charge in [-0.05, 0) is 49.5 Å². The number of aliphatic carboxylic acids is 1. The van der Waals surface area contributed by atoms with Crippen LogP contribution in [0.1, 0.15) is 37.8 Å². The zero-order valence-corrected chi connectivity index (χ0v) is 12.4. The average molecular weight is 284 g/mol. The van der Waals surface area contributed by atoms with E-state index >= 15 is 0 Å². The van der Waals surface area contributed by atoms with E-state index in [1.165, 1.54) is 6.08 Å². The van der Waals surface area contributed by atoms with Crippen molar-refractivity contribution in [2.75, 3.05) is 11.4 Å². The lowest BCUT2D eigenvalue weighted by molar-refractivity contribution is -0.131. The van der Waals surface area contributed by atoms with Crippen molar-refractivity contribution >= 4 is 17.7 Å². The summed E-state index contributed by atoms with van der Waals surface area (Å²) in [5, 5.41) is 18.0. The number of hydrogen-bond donors (Lipinski definition) is 1. The van der Waals surface area contributed by atoms with Crippen molar-refractivity contribution in [1.82, 2.24) is 0 Å². The molecule has 4 heteroatoms. The smallest absolute Gasteiger partial charge is 0.328 e. The van der Waals surface area contributed by atoms with Crippen LogP contribution < -0.4 is 4.90 Å². The molecule has 1 heterocycles. The van der Waals surface area contributed by atoms with E-state index in [0.717, 1.165) is 42.6 Å². The Morgan fingerprint density at radius 2 is 2.24 bits per heavy atom. The topological polar surface area (TPSA) is 64.3 Å². The second-order valence-electron chi connectivity index (χ2n) is 5.73. The summed E-state index contributed by atoms with van der Waals surface area (Å²) in [6.07, 6.45) is 4.86. The van der Waals surface area contributed by atoms with Crippen molar-refractivity contribution in [3.8, 4) is 6.07 Å². The minimum atomic E-state index is -0.990. The molecule has 2 rings (SSSR count). The van der Waals surface area contributed by atoms with Crippen LogP contribution in [0.15, 0.2) is 24.3 Å². The van der Waals surface area contributed by atoms with Gasteiger partial charge in [0, 0.05) is 18.7 Å². The van der Waals surface area contributed by atoms with Crippen LogP contribution in [-0.4, -0.2) is 23.7 Å². The van der Waals surface area contributed by atoms with Gasteiger partial charge < -0.3 is 10.0 Å². The molecule has 1 aliphatic heterocycles. The Kier molecular flexibility index (Phi) is 4.64. The summed E-state index contributed by atoms with van der Waals surface area (Å²) in [6.45, 7) is 5.41. The maximum atomic E-state index is 10.6. The van der Waals surface area contributed by atoms with Crippen LogP contribution >= 0.6 is 0 Å². The molecule has 2 unspecified atom stereocenters. The second-order valence-corrected chi connectivity index (χ2v) is 5.73. The summed E-state index contributed by atoms with van der Waals surface area (Å²) in [4.78, 5) is 12.8. The number of carbonyl (C=O) groups is 1. The first-order valence-corrected chi connectivity index (χ1v) is 7.23. The van der Waals surface area contributed by atoms with Crippen molar-refractivity contribution < 1.29 is 9.90 Å². The molecule has 1 aromatic carbocycles. The molecular formula is C17H20N2O2. The van der Waals surface area contributed by atoms with Crippen molar-refractivity contribution in [3.05, 3.63) is 35.4 Å². The Bertz CT molecular complexity index is 601. The molecule has 1 aromatic rings. The Labute approximate surface area is 125 Å². The SMILES string of the molecule is CC1CCN(c2ccc(/C=C/C(=O)O)cc2C#N)C(C)C1. The van der Waals surface area contributed by atoms with Crippen molar-refractivity contribution in [2.24, 2.45) is 5.92 Å². The van der Waals surface area contributed by atoms with Crippen LogP contribution in [0.25, 0.3) is 6.08 Å². The number of nitriles is 1. The summed E-state index contributed by atoms with van der Waals surface area (Å²) in [5.41, 5.74) is 2.28. The van der Waals surface area contributed by atoms with Crippen molar-refractivity contribution in [3.63, 3.8) is 0 Å². The molecule has 0 aromatic heterocycles. The Morgan fingerprint density at radius 3 is 2.86 bits per heavy atom. The third-order valence-electron chi connectivity index (χ3n) is 4.01. The van der Waals surface area contributed by atoms with E-state index in [-0.39, 0.29) is 0 Å². The second kappa shape index (κ2) is 6.45. The molecule has 110 valence electrons. The molecule has 0 radical (unpaired) electrons. The fourth-order valence-electron chi connectivity index (χ4n) is 2.93. The first kappa shape index (κ1) is 15.1. The van der Waals surface area contributed by atoms with Crippen molar-refractivity contribution in [1.29, 1.82) is 5.26 Å². The van der Waals surface area contributed by atoms with E-state index in [2.05, 4.69) is 24.8 Å². The zero-order valence-electron chi connectivity index (χ0n) is 12.4. The van der Waals surface area contributed by atoms with E-state index in [0.29, 0.717) is 11.6 Å². The quantitative estimate of drug-likeness (QED) is 0.865. The maximum absolute atomic E-state index is 10.6. The average Bonchev–Trinajstić information content (AvgIpc) is 2.45. The lowest BCUT2D eigenvalue weighted by atomic mass is 9.92. The van der Waals surface area contributed by atoms with Gasteiger partial charge >= 0.3 is 5.97 Å². The van der Waals surface area contributed by atoms with Crippen LogP contribution in [0.3, 0.4) is 0 Å². The standard InChI is InChI=1S/C17H20N2O2/c1-12-7-8-19(13(2)9-12)16-5-3-14(4-6-17(20)21)10-15(16)11-18/h3-6,10,12-13H,7-9H2,1-2H3,(H,20,21)/b6-4+. The molecule has 1 N–H and O–H groups in total. The molecule has 0 aliphatic carbocycles. The summed E-state index contributed by atoms with van der Waals surface area (Å²) in [5.74, 6) is -0.268. The number of hydrogen-bond acceptors (Lipinski definition) is 3. The van der Waals surface area contributed by atoms with Crippen LogP contribution in [0.4, 0.5) is 5.69 Å². The molecule has 1 saturated heterocycles. The number of anilines is 1. The predicted octanol–water partition coefficient (Wildman–Crippen LogP) is 3.28. The Morgan fingerprint density at radius 1 is 1.48 bits per heavy atom.